The Hall–Kier alpha value is -4.35. The summed E-state index contributed by atoms with van der Waals surface area (Å²) in [6, 6.07) is 16.0. The van der Waals surface area contributed by atoms with Crippen LogP contribution in [0.25, 0.3) is 5.69 Å². The molecule has 0 saturated carbocycles. The molecule has 0 spiro atoms. The van der Waals surface area contributed by atoms with Gasteiger partial charge in [0.2, 0.25) is 0 Å². The third-order valence-electron chi connectivity index (χ3n) is 5.56. The molecule has 0 aliphatic heterocycles. The number of methoxy groups -OCH3 is 1. The van der Waals surface area contributed by atoms with Crippen molar-refractivity contribution >= 4 is 11.4 Å². The minimum Gasteiger partial charge on any atom is -0.494 e. The summed E-state index contributed by atoms with van der Waals surface area (Å²) in [6.45, 7) is 3.56. The Bertz CT molecular complexity index is 1430. The molecule has 8 nitrogen and oxygen atoms in total. The lowest BCUT2D eigenvalue weighted by atomic mass is 10.0. The fourth-order valence-electron chi connectivity index (χ4n) is 3.89. The maximum atomic E-state index is 13.4. The smallest absolute Gasteiger partial charge is 0.274 e. The van der Waals surface area contributed by atoms with E-state index in [1.165, 1.54) is 16.8 Å². The van der Waals surface area contributed by atoms with E-state index in [0.717, 1.165) is 22.5 Å². The first-order valence-electron chi connectivity index (χ1n) is 10.7. The minimum absolute atomic E-state index is 0.221. The molecule has 2 aromatic carbocycles. The molecule has 2 heterocycles. The normalized spacial score (nSPS) is 11.6. The molecule has 0 radical (unpaired) electrons. The highest BCUT2D eigenvalue weighted by Crippen LogP contribution is 2.28. The van der Waals surface area contributed by atoms with Crippen LogP contribution in [0.15, 0.2) is 72.0 Å². The molecule has 0 unspecified atom stereocenters. The van der Waals surface area contributed by atoms with E-state index in [0.29, 0.717) is 17.0 Å². The number of anilines is 2. The average Bonchev–Trinajstić information content (AvgIpc) is 3.27. The monoisotopic (exact) mass is 455 g/mol. The molecule has 0 fully saturated rings. The quantitative estimate of drug-likeness (QED) is 0.439. The Morgan fingerprint density at radius 3 is 2.65 bits per heavy atom. The van der Waals surface area contributed by atoms with Gasteiger partial charge in [-0.3, -0.25) is 4.79 Å². The van der Waals surface area contributed by atoms with Crippen molar-refractivity contribution in [2.75, 3.05) is 19.0 Å². The van der Waals surface area contributed by atoms with Gasteiger partial charge in [-0.1, -0.05) is 29.8 Å². The molecule has 0 amide bonds. The number of nitriles is 1. The Labute approximate surface area is 197 Å². The molecular formula is C26H25N5O3. The van der Waals surface area contributed by atoms with Gasteiger partial charge in [0.25, 0.3) is 5.56 Å². The van der Waals surface area contributed by atoms with Crippen molar-refractivity contribution in [2.24, 2.45) is 0 Å². The van der Waals surface area contributed by atoms with Crippen molar-refractivity contribution < 1.29 is 9.84 Å². The van der Waals surface area contributed by atoms with Crippen LogP contribution in [-0.2, 0) is 0 Å². The number of benzene rings is 2. The van der Waals surface area contributed by atoms with Gasteiger partial charge in [0.1, 0.15) is 17.5 Å². The number of aryl methyl sites for hydroxylation is 2. The van der Waals surface area contributed by atoms with Gasteiger partial charge in [0.15, 0.2) is 0 Å². The van der Waals surface area contributed by atoms with Crippen LogP contribution in [0.3, 0.4) is 0 Å². The summed E-state index contributed by atoms with van der Waals surface area (Å²) in [4.78, 5) is 17.6. The molecule has 0 saturated heterocycles. The molecule has 8 heteroatoms. The predicted octanol–water partition coefficient (Wildman–Crippen LogP) is 3.86. The molecule has 172 valence electrons. The largest absolute Gasteiger partial charge is 0.494 e. The lowest BCUT2D eigenvalue weighted by Gasteiger charge is -2.20. The van der Waals surface area contributed by atoms with Crippen LogP contribution in [0.5, 0.6) is 5.75 Å². The number of nitrogens with one attached hydrogen (secondary N) is 1. The third-order valence-corrected chi connectivity index (χ3v) is 5.56. The number of aromatic nitrogens is 3. The zero-order chi connectivity index (χ0) is 24.2. The summed E-state index contributed by atoms with van der Waals surface area (Å²) in [6.07, 6.45) is 5.07. The summed E-state index contributed by atoms with van der Waals surface area (Å²) in [5.41, 5.74) is 4.26. The zero-order valence-corrected chi connectivity index (χ0v) is 19.2. The SMILES string of the molecule is COc1cc(Nc2cc(C#N)cn([C@@H](CO)c3cccc(C)c3)c2=O)ccc1-n1cnc(C)c1. The van der Waals surface area contributed by atoms with Gasteiger partial charge in [-0.05, 0) is 37.6 Å². The van der Waals surface area contributed by atoms with E-state index in [2.05, 4.69) is 16.4 Å². The van der Waals surface area contributed by atoms with Crippen molar-refractivity contribution in [3.63, 3.8) is 0 Å². The second-order valence-corrected chi connectivity index (χ2v) is 8.01. The molecule has 0 aliphatic carbocycles. The molecule has 34 heavy (non-hydrogen) atoms. The maximum absolute atomic E-state index is 13.4. The topological polar surface area (TPSA) is 105 Å². The molecule has 0 bridgehead atoms. The summed E-state index contributed by atoms with van der Waals surface area (Å²) in [5.74, 6) is 0.590. The summed E-state index contributed by atoms with van der Waals surface area (Å²) in [5, 5.41) is 22.8. The minimum atomic E-state index is -0.623. The van der Waals surface area contributed by atoms with Crippen molar-refractivity contribution in [3.05, 3.63) is 100.0 Å². The first-order chi connectivity index (χ1) is 16.4. The van der Waals surface area contributed by atoms with E-state index in [1.807, 2.05) is 61.0 Å². The maximum Gasteiger partial charge on any atom is 0.274 e. The van der Waals surface area contributed by atoms with Crippen molar-refractivity contribution in [1.82, 2.24) is 14.1 Å². The Morgan fingerprint density at radius 1 is 1.18 bits per heavy atom. The second-order valence-electron chi connectivity index (χ2n) is 8.01. The van der Waals surface area contributed by atoms with Crippen LogP contribution in [0, 0.1) is 25.2 Å². The van der Waals surface area contributed by atoms with Crippen LogP contribution >= 0.6 is 0 Å². The fourth-order valence-corrected chi connectivity index (χ4v) is 3.89. The first kappa shape index (κ1) is 22.8. The molecule has 4 rings (SSSR count). The van der Waals surface area contributed by atoms with Gasteiger partial charge in [-0.15, -0.1) is 0 Å². The number of imidazole rings is 1. The van der Waals surface area contributed by atoms with Gasteiger partial charge in [-0.25, -0.2) is 4.98 Å². The number of ether oxygens (including phenoxy) is 1. The third kappa shape index (κ3) is 4.56. The number of hydrogen-bond donors (Lipinski definition) is 2. The highest BCUT2D eigenvalue weighted by Gasteiger charge is 2.18. The van der Waals surface area contributed by atoms with Gasteiger partial charge in [0.05, 0.1) is 43.0 Å². The van der Waals surface area contributed by atoms with Gasteiger partial charge < -0.3 is 24.3 Å². The molecule has 2 aromatic heterocycles. The Kier molecular flexibility index (Phi) is 6.48. The van der Waals surface area contributed by atoms with Crippen molar-refractivity contribution in [2.45, 2.75) is 19.9 Å². The highest BCUT2D eigenvalue weighted by molar-refractivity contribution is 5.65. The molecule has 2 N–H and O–H groups in total. The van der Waals surface area contributed by atoms with Gasteiger partial charge in [0, 0.05) is 24.1 Å². The van der Waals surface area contributed by atoms with Crippen LogP contribution in [0.4, 0.5) is 11.4 Å². The summed E-state index contributed by atoms with van der Waals surface area (Å²) in [7, 11) is 1.57. The number of pyridine rings is 1. The predicted molar refractivity (Wildman–Crippen MR) is 130 cm³/mol. The van der Waals surface area contributed by atoms with E-state index in [1.54, 1.807) is 19.5 Å². The van der Waals surface area contributed by atoms with E-state index in [9.17, 15) is 15.2 Å². The number of aliphatic hydroxyl groups excluding tert-OH is 1. The first-order valence-corrected chi connectivity index (χ1v) is 10.7. The number of aliphatic hydroxyl groups is 1. The highest BCUT2D eigenvalue weighted by atomic mass is 16.5. The van der Waals surface area contributed by atoms with Gasteiger partial charge in [-0.2, -0.15) is 5.26 Å². The van der Waals surface area contributed by atoms with Crippen LogP contribution in [0.1, 0.15) is 28.4 Å². The van der Waals surface area contributed by atoms with E-state index >= 15 is 0 Å². The molecular weight excluding hydrogens is 430 g/mol. The Balaban J connectivity index is 1.74. The Morgan fingerprint density at radius 2 is 2.00 bits per heavy atom. The van der Waals surface area contributed by atoms with E-state index in [-0.39, 0.29) is 17.9 Å². The van der Waals surface area contributed by atoms with E-state index < -0.39 is 6.04 Å². The standard InChI is InChI=1S/C26H25N5O3/c1-17-5-4-6-20(9-17)24(15-32)31-14-19(12-27)10-22(26(31)33)29-21-7-8-23(25(11-21)34-3)30-13-18(2)28-16-30/h4-11,13-14,16,24,29,32H,15H2,1-3H3/t24-/m0/s1. The fraction of sp³-hybridized carbons (Fsp3) is 0.192. The number of rotatable bonds is 7. The molecule has 0 aliphatic rings. The second kappa shape index (κ2) is 9.65. The lowest BCUT2D eigenvalue weighted by molar-refractivity contribution is 0.247. The number of nitrogens with zero attached hydrogens (tertiary/aromatic N) is 4. The van der Waals surface area contributed by atoms with Crippen molar-refractivity contribution in [3.8, 4) is 17.5 Å². The zero-order valence-electron chi connectivity index (χ0n) is 19.2. The number of hydrogen-bond acceptors (Lipinski definition) is 6. The summed E-state index contributed by atoms with van der Waals surface area (Å²) >= 11 is 0. The lowest BCUT2D eigenvalue weighted by Crippen LogP contribution is -2.29. The van der Waals surface area contributed by atoms with E-state index in [4.69, 9.17) is 4.74 Å². The summed E-state index contributed by atoms with van der Waals surface area (Å²) < 4.78 is 8.81. The van der Waals surface area contributed by atoms with Crippen LogP contribution < -0.4 is 15.6 Å². The van der Waals surface area contributed by atoms with Gasteiger partial charge >= 0.3 is 0 Å². The van der Waals surface area contributed by atoms with Crippen LogP contribution in [-0.4, -0.2) is 32.9 Å². The van der Waals surface area contributed by atoms with Crippen molar-refractivity contribution in [1.29, 1.82) is 5.26 Å². The van der Waals surface area contributed by atoms with Crippen LogP contribution in [0.2, 0.25) is 0 Å². The molecule has 4 aromatic rings. The molecule has 1 atom stereocenters. The average molecular weight is 456 g/mol.